The van der Waals surface area contributed by atoms with Crippen LogP contribution in [0.2, 0.25) is 0 Å². The van der Waals surface area contributed by atoms with Crippen LogP contribution in [0.4, 0.5) is 0 Å². The summed E-state index contributed by atoms with van der Waals surface area (Å²) in [5.41, 5.74) is 0.622. The predicted octanol–water partition coefficient (Wildman–Crippen LogP) is 5.81. The van der Waals surface area contributed by atoms with Gasteiger partial charge >= 0.3 is 0 Å². The first-order chi connectivity index (χ1) is 7.04. The van der Waals surface area contributed by atoms with Gasteiger partial charge in [0.1, 0.15) is 0 Å². The van der Waals surface area contributed by atoms with Crippen LogP contribution < -0.4 is 0 Å². The lowest BCUT2D eigenvalue weighted by atomic mass is 9.74. The van der Waals surface area contributed by atoms with Crippen LogP contribution in [0.3, 0.4) is 0 Å². The van der Waals surface area contributed by atoms with E-state index in [0.29, 0.717) is 5.41 Å². The number of unbranched alkanes of at least 4 members (excludes halogenated alkanes) is 3. The van der Waals surface area contributed by atoms with Gasteiger partial charge in [0.15, 0.2) is 0 Å². The molecule has 0 spiro atoms. The summed E-state index contributed by atoms with van der Waals surface area (Å²) in [5.74, 6) is 0.854. The summed E-state index contributed by atoms with van der Waals surface area (Å²) < 4.78 is 0. The van der Waals surface area contributed by atoms with Crippen molar-refractivity contribution in [2.75, 3.05) is 0 Å². The Morgan fingerprint density at radius 2 is 1.53 bits per heavy atom. The first kappa shape index (κ1) is 15.0. The summed E-state index contributed by atoms with van der Waals surface area (Å²) in [6.07, 6.45) is 11.3. The largest absolute Gasteiger partial charge is 0.0654 e. The summed E-state index contributed by atoms with van der Waals surface area (Å²) in [6, 6.07) is 0. The van der Waals surface area contributed by atoms with Crippen molar-refractivity contribution in [2.45, 2.75) is 86.0 Å². The molecule has 0 saturated carbocycles. The van der Waals surface area contributed by atoms with E-state index in [4.69, 9.17) is 0 Å². The number of hydrogen-bond donors (Lipinski definition) is 0. The standard InChI is InChI=1S/C15H32/c1-6-8-9-10-12-15(5,11-7-2)13-14(3)4/h14H,6-13H2,1-5H3. The van der Waals surface area contributed by atoms with E-state index in [0.717, 1.165) is 5.92 Å². The van der Waals surface area contributed by atoms with Crippen LogP contribution in [0.15, 0.2) is 0 Å². The fraction of sp³-hybridized carbons (Fsp3) is 1.00. The Kier molecular flexibility index (Phi) is 8.19. The molecule has 0 bridgehead atoms. The third kappa shape index (κ3) is 7.88. The first-order valence-electron chi connectivity index (χ1n) is 7.04. The molecule has 0 aliphatic rings. The predicted molar refractivity (Wildman–Crippen MR) is 71.2 cm³/mol. The quantitative estimate of drug-likeness (QED) is 0.423. The van der Waals surface area contributed by atoms with Gasteiger partial charge in [0.2, 0.25) is 0 Å². The molecule has 0 aromatic rings. The van der Waals surface area contributed by atoms with Gasteiger partial charge < -0.3 is 0 Å². The second kappa shape index (κ2) is 8.19. The molecular formula is C15H32. The zero-order valence-corrected chi connectivity index (χ0v) is 11.7. The monoisotopic (exact) mass is 212 g/mol. The van der Waals surface area contributed by atoms with Gasteiger partial charge in [-0.25, -0.2) is 0 Å². The third-order valence-electron chi connectivity index (χ3n) is 3.39. The van der Waals surface area contributed by atoms with Gasteiger partial charge in [-0.1, -0.05) is 66.7 Å². The van der Waals surface area contributed by atoms with Crippen molar-refractivity contribution in [3.8, 4) is 0 Å². The van der Waals surface area contributed by atoms with Crippen LogP contribution >= 0.6 is 0 Å². The van der Waals surface area contributed by atoms with Gasteiger partial charge in [0, 0.05) is 0 Å². The molecule has 0 aromatic heterocycles. The molecule has 0 amide bonds. The average molecular weight is 212 g/mol. The summed E-state index contributed by atoms with van der Waals surface area (Å²) in [5, 5.41) is 0. The molecule has 0 N–H and O–H groups in total. The lowest BCUT2D eigenvalue weighted by molar-refractivity contribution is 0.207. The molecule has 0 aliphatic heterocycles. The Hall–Kier alpha value is 0. The van der Waals surface area contributed by atoms with Gasteiger partial charge in [-0.05, 0) is 30.6 Å². The minimum Gasteiger partial charge on any atom is -0.0654 e. The molecule has 0 aromatic carbocycles. The van der Waals surface area contributed by atoms with Gasteiger partial charge in [0.25, 0.3) is 0 Å². The van der Waals surface area contributed by atoms with E-state index in [-0.39, 0.29) is 0 Å². The first-order valence-corrected chi connectivity index (χ1v) is 7.04. The molecule has 1 atom stereocenters. The Bertz CT molecular complexity index is 137. The average Bonchev–Trinajstić information content (AvgIpc) is 2.11. The van der Waals surface area contributed by atoms with Gasteiger partial charge in [-0.2, -0.15) is 0 Å². The van der Waals surface area contributed by atoms with E-state index in [1.54, 1.807) is 0 Å². The molecule has 0 aliphatic carbocycles. The second-order valence-electron chi connectivity index (χ2n) is 5.97. The van der Waals surface area contributed by atoms with Gasteiger partial charge in [-0.3, -0.25) is 0 Å². The maximum absolute atomic E-state index is 2.50. The SMILES string of the molecule is CCCCCCC(C)(CCC)CC(C)C. The second-order valence-corrected chi connectivity index (χ2v) is 5.97. The number of hydrogen-bond acceptors (Lipinski definition) is 0. The molecule has 92 valence electrons. The fourth-order valence-electron chi connectivity index (χ4n) is 2.90. The van der Waals surface area contributed by atoms with Gasteiger partial charge in [-0.15, -0.1) is 0 Å². The van der Waals surface area contributed by atoms with Crippen molar-refractivity contribution < 1.29 is 0 Å². The maximum atomic E-state index is 2.50. The topological polar surface area (TPSA) is 0 Å². The maximum Gasteiger partial charge on any atom is -0.0324 e. The molecule has 0 heteroatoms. The molecule has 0 radical (unpaired) electrons. The van der Waals surface area contributed by atoms with E-state index < -0.39 is 0 Å². The summed E-state index contributed by atoms with van der Waals surface area (Å²) in [4.78, 5) is 0. The van der Waals surface area contributed by atoms with E-state index >= 15 is 0 Å². The normalized spacial score (nSPS) is 15.6. The van der Waals surface area contributed by atoms with Crippen molar-refractivity contribution in [1.29, 1.82) is 0 Å². The third-order valence-corrected chi connectivity index (χ3v) is 3.39. The zero-order chi connectivity index (χ0) is 11.7. The van der Waals surface area contributed by atoms with Crippen LogP contribution in [0.25, 0.3) is 0 Å². The highest BCUT2D eigenvalue weighted by Crippen LogP contribution is 2.36. The Morgan fingerprint density at radius 3 is 2.00 bits per heavy atom. The smallest absolute Gasteiger partial charge is 0.0324 e. The molecule has 0 rings (SSSR count). The van der Waals surface area contributed by atoms with Crippen LogP contribution in [-0.4, -0.2) is 0 Å². The molecule has 15 heavy (non-hydrogen) atoms. The molecule has 0 fully saturated rings. The van der Waals surface area contributed by atoms with E-state index in [1.165, 1.54) is 51.4 Å². The van der Waals surface area contributed by atoms with Crippen LogP contribution in [0.1, 0.15) is 86.0 Å². The summed E-state index contributed by atoms with van der Waals surface area (Å²) in [6.45, 7) is 11.8. The lowest BCUT2D eigenvalue weighted by Crippen LogP contribution is -2.18. The van der Waals surface area contributed by atoms with Crippen molar-refractivity contribution in [3.05, 3.63) is 0 Å². The Balaban J connectivity index is 3.89. The molecule has 0 saturated heterocycles. The van der Waals surface area contributed by atoms with Crippen LogP contribution in [0, 0.1) is 11.3 Å². The molecular weight excluding hydrogens is 180 g/mol. The highest BCUT2D eigenvalue weighted by Gasteiger charge is 2.23. The van der Waals surface area contributed by atoms with Gasteiger partial charge in [0.05, 0.1) is 0 Å². The molecule has 1 unspecified atom stereocenters. The molecule has 0 nitrogen and oxygen atoms in total. The van der Waals surface area contributed by atoms with E-state index in [2.05, 4.69) is 34.6 Å². The minimum absolute atomic E-state index is 0.622. The fourth-order valence-corrected chi connectivity index (χ4v) is 2.90. The molecule has 0 heterocycles. The van der Waals surface area contributed by atoms with Crippen LogP contribution in [-0.2, 0) is 0 Å². The van der Waals surface area contributed by atoms with Crippen LogP contribution in [0.5, 0.6) is 0 Å². The Morgan fingerprint density at radius 1 is 0.867 bits per heavy atom. The zero-order valence-electron chi connectivity index (χ0n) is 11.7. The summed E-state index contributed by atoms with van der Waals surface area (Å²) >= 11 is 0. The minimum atomic E-state index is 0.622. The highest BCUT2D eigenvalue weighted by atomic mass is 14.3. The summed E-state index contributed by atoms with van der Waals surface area (Å²) in [7, 11) is 0. The van der Waals surface area contributed by atoms with Crippen molar-refractivity contribution in [3.63, 3.8) is 0 Å². The lowest BCUT2D eigenvalue weighted by Gasteiger charge is -2.31. The van der Waals surface area contributed by atoms with Crippen molar-refractivity contribution >= 4 is 0 Å². The van der Waals surface area contributed by atoms with E-state index in [9.17, 15) is 0 Å². The van der Waals surface area contributed by atoms with Crippen molar-refractivity contribution in [1.82, 2.24) is 0 Å². The van der Waals surface area contributed by atoms with E-state index in [1.807, 2.05) is 0 Å². The number of rotatable bonds is 9. The van der Waals surface area contributed by atoms with Crippen molar-refractivity contribution in [2.24, 2.45) is 11.3 Å². The highest BCUT2D eigenvalue weighted by molar-refractivity contribution is 4.75. The Labute approximate surface area is 97.8 Å².